The van der Waals surface area contributed by atoms with Crippen molar-refractivity contribution in [2.45, 2.75) is 38.8 Å². The van der Waals surface area contributed by atoms with Crippen molar-refractivity contribution in [2.24, 2.45) is 7.05 Å². The fraction of sp³-hybridized carbons (Fsp3) is 0.833. The van der Waals surface area contributed by atoms with E-state index in [9.17, 15) is 0 Å². The van der Waals surface area contributed by atoms with Crippen LogP contribution < -0.4 is 5.32 Å². The Bertz CT molecular complexity index is 335. The summed E-state index contributed by atoms with van der Waals surface area (Å²) in [7, 11) is 1.99. The first-order valence-electron chi connectivity index (χ1n) is 6.58. The molecule has 1 saturated heterocycles. The standard InChI is InChI=1S/C12H23N5/c1-3-17-7-4-5-11(6-8-17)13-9-12-15-14-10-16(12)2/h10-11,13H,3-9H2,1-2H3. The summed E-state index contributed by atoms with van der Waals surface area (Å²) >= 11 is 0. The molecule has 1 aromatic heterocycles. The SMILES string of the molecule is CCN1CCCC(NCc2nncn2C)CC1. The molecule has 1 aromatic rings. The maximum Gasteiger partial charge on any atom is 0.146 e. The summed E-state index contributed by atoms with van der Waals surface area (Å²) in [6, 6.07) is 0.628. The number of rotatable bonds is 4. The van der Waals surface area contributed by atoms with E-state index in [0.717, 1.165) is 12.4 Å². The first-order chi connectivity index (χ1) is 8.29. The maximum atomic E-state index is 4.09. The second-order valence-corrected chi connectivity index (χ2v) is 4.80. The van der Waals surface area contributed by atoms with Crippen LogP contribution in [0.5, 0.6) is 0 Å². The Morgan fingerprint density at radius 3 is 3.00 bits per heavy atom. The third-order valence-corrected chi connectivity index (χ3v) is 3.62. The zero-order valence-corrected chi connectivity index (χ0v) is 10.9. The number of likely N-dealkylation sites (tertiary alicyclic amines) is 1. The number of hydrogen-bond donors (Lipinski definition) is 1. The Morgan fingerprint density at radius 2 is 2.29 bits per heavy atom. The minimum atomic E-state index is 0.628. The first kappa shape index (κ1) is 12.5. The van der Waals surface area contributed by atoms with E-state index in [0.29, 0.717) is 6.04 Å². The van der Waals surface area contributed by atoms with Gasteiger partial charge in [-0.05, 0) is 38.9 Å². The van der Waals surface area contributed by atoms with Crippen molar-refractivity contribution in [2.75, 3.05) is 19.6 Å². The van der Waals surface area contributed by atoms with Gasteiger partial charge < -0.3 is 14.8 Å². The van der Waals surface area contributed by atoms with Crippen LogP contribution in [0.15, 0.2) is 6.33 Å². The molecule has 0 spiro atoms. The summed E-state index contributed by atoms with van der Waals surface area (Å²) in [5, 5.41) is 11.6. The highest BCUT2D eigenvalue weighted by molar-refractivity contribution is 4.85. The highest BCUT2D eigenvalue weighted by Gasteiger charge is 2.15. The molecule has 1 atom stereocenters. The van der Waals surface area contributed by atoms with Gasteiger partial charge in [-0.25, -0.2) is 0 Å². The Hall–Kier alpha value is -0.940. The third kappa shape index (κ3) is 3.51. The maximum absolute atomic E-state index is 4.09. The van der Waals surface area contributed by atoms with Crippen molar-refractivity contribution < 1.29 is 0 Å². The molecule has 5 nitrogen and oxygen atoms in total. The van der Waals surface area contributed by atoms with Crippen molar-refractivity contribution in [3.05, 3.63) is 12.2 Å². The molecule has 0 aromatic carbocycles. The lowest BCUT2D eigenvalue weighted by molar-refractivity contribution is 0.297. The lowest BCUT2D eigenvalue weighted by Crippen LogP contribution is -2.31. The Labute approximate surface area is 103 Å². The summed E-state index contributed by atoms with van der Waals surface area (Å²) in [5.41, 5.74) is 0. The third-order valence-electron chi connectivity index (χ3n) is 3.62. The Kier molecular flexibility index (Phi) is 4.50. The van der Waals surface area contributed by atoms with Crippen LogP contribution >= 0.6 is 0 Å². The summed E-state index contributed by atoms with van der Waals surface area (Å²) in [5.74, 6) is 1.02. The minimum Gasteiger partial charge on any atom is -0.320 e. The predicted octanol–water partition coefficient (Wildman–Crippen LogP) is 0.779. The van der Waals surface area contributed by atoms with Crippen LogP contribution in [0.25, 0.3) is 0 Å². The lowest BCUT2D eigenvalue weighted by atomic mass is 10.1. The molecule has 1 unspecified atom stereocenters. The molecule has 0 amide bonds. The summed E-state index contributed by atoms with van der Waals surface area (Å²) in [6.45, 7) is 6.71. The fourth-order valence-corrected chi connectivity index (χ4v) is 2.38. The van der Waals surface area contributed by atoms with Crippen LogP contribution in [0.2, 0.25) is 0 Å². The molecular weight excluding hydrogens is 214 g/mol. The molecule has 1 fully saturated rings. The van der Waals surface area contributed by atoms with E-state index in [1.54, 1.807) is 6.33 Å². The van der Waals surface area contributed by atoms with Gasteiger partial charge in [0.05, 0.1) is 6.54 Å². The number of aromatic nitrogens is 3. The molecule has 17 heavy (non-hydrogen) atoms. The highest BCUT2D eigenvalue weighted by atomic mass is 15.3. The largest absolute Gasteiger partial charge is 0.320 e. The van der Waals surface area contributed by atoms with E-state index < -0.39 is 0 Å². The van der Waals surface area contributed by atoms with Crippen LogP contribution in [0.1, 0.15) is 32.0 Å². The Balaban J connectivity index is 1.78. The van der Waals surface area contributed by atoms with Gasteiger partial charge in [0.2, 0.25) is 0 Å². The van der Waals surface area contributed by atoms with E-state index in [1.807, 2.05) is 11.6 Å². The average molecular weight is 237 g/mol. The van der Waals surface area contributed by atoms with Crippen LogP contribution in [0.4, 0.5) is 0 Å². The van der Waals surface area contributed by atoms with Crippen LogP contribution in [0.3, 0.4) is 0 Å². The van der Waals surface area contributed by atoms with Crippen LogP contribution in [-0.4, -0.2) is 45.3 Å². The molecule has 2 rings (SSSR count). The average Bonchev–Trinajstić information content (AvgIpc) is 2.63. The number of nitrogens with zero attached hydrogens (tertiary/aromatic N) is 4. The van der Waals surface area contributed by atoms with E-state index in [-0.39, 0.29) is 0 Å². The van der Waals surface area contributed by atoms with Gasteiger partial charge in [0.15, 0.2) is 0 Å². The Morgan fingerprint density at radius 1 is 1.41 bits per heavy atom. The van der Waals surface area contributed by atoms with Crippen molar-refractivity contribution in [1.82, 2.24) is 25.0 Å². The normalized spacial score (nSPS) is 22.6. The molecule has 0 aliphatic carbocycles. The van der Waals surface area contributed by atoms with E-state index in [4.69, 9.17) is 0 Å². The first-order valence-corrected chi connectivity index (χ1v) is 6.58. The molecule has 0 radical (unpaired) electrons. The van der Waals surface area contributed by atoms with Gasteiger partial charge in [0.1, 0.15) is 12.2 Å². The van der Waals surface area contributed by atoms with Crippen molar-refractivity contribution in [1.29, 1.82) is 0 Å². The predicted molar refractivity (Wildman–Crippen MR) is 67.6 cm³/mol. The minimum absolute atomic E-state index is 0.628. The van der Waals surface area contributed by atoms with Gasteiger partial charge >= 0.3 is 0 Å². The van der Waals surface area contributed by atoms with E-state index >= 15 is 0 Å². The molecule has 0 saturated carbocycles. The van der Waals surface area contributed by atoms with Gasteiger partial charge in [0.25, 0.3) is 0 Å². The van der Waals surface area contributed by atoms with Crippen molar-refractivity contribution in [3.63, 3.8) is 0 Å². The quantitative estimate of drug-likeness (QED) is 0.840. The molecule has 1 N–H and O–H groups in total. The van der Waals surface area contributed by atoms with Crippen LogP contribution in [-0.2, 0) is 13.6 Å². The highest BCUT2D eigenvalue weighted by Crippen LogP contribution is 2.11. The van der Waals surface area contributed by atoms with E-state index in [1.165, 1.54) is 38.9 Å². The van der Waals surface area contributed by atoms with Gasteiger partial charge in [-0.1, -0.05) is 6.92 Å². The second kappa shape index (κ2) is 6.12. The molecule has 2 heterocycles. The number of nitrogens with one attached hydrogen (secondary N) is 1. The lowest BCUT2D eigenvalue weighted by Gasteiger charge is -2.18. The summed E-state index contributed by atoms with van der Waals surface area (Å²) in [4.78, 5) is 2.53. The van der Waals surface area contributed by atoms with Gasteiger partial charge in [-0.2, -0.15) is 0 Å². The smallest absolute Gasteiger partial charge is 0.146 e. The van der Waals surface area contributed by atoms with Crippen molar-refractivity contribution >= 4 is 0 Å². The van der Waals surface area contributed by atoms with E-state index in [2.05, 4.69) is 27.3 Å². The fourth-order valence-electron chi connectivity index (χ4n) is 2.38. The molecule has 5 heteroatoms. The second-order valence-electron chi connectivity index (χ2n) is 4.80. The topological polar surface area (TPSA) is 46.0 Å². The van der Waals surface area contributed by atoms with Gasteiger partial charge in [0, 0.05) is 13.1 Å². The zero-order chi connectivity index (χ0) is 12.1. The molecular formula is C12H23N5. The summed E-state index contributed by atoms with van der Waals surface area (Å²) < 4.78 is 1.97. The molecule has 96 valence electrons. The van der Waals surface area contributed by atoms with Crippen molar-refractivity contribution in [3.8, 4) is 0 Å². The number of hydrogen-bond acceptors (Lipinski definition) is 4. The zero-order valence-electron chi connectivity index (χ0n) is 10.9. The van der Waals surface area contributed by atoms with Gasteiger partial charge in [-0.3, -0.25) is 0 Å². The van der Waals surface area contributed by atoms with Gasteiger partial charge in [-0.15, -0.1) is 10.2 Å². The summed E-state index contributed by atoms with van der Waals surface area (Å²) in [6.07, 6.45) is 5.56. The monoisotopic (exact) mass is 237 g/mol. The number of aryl methyl sites for hydroxylation is 1. The van der Waals surface area contributed by atoms with Crippen LogP contribution in [0, 0.1) is 0 Å². The molecule has 1 aliphatic rings. The molecule has 1 aliphatic heterocycles. The molecule has 0 bridgehead atoms.